The van der Waals surface area contributed by atoms with Gasteiger partial charge in [-0.3, -0.25) is 0 Å². The second-order valence-corrected chi connectivity index (χ2v) is 6.89. The van der Waals surface area contributed by atoms with E-state index in [1.54, 1.807) is 0 Å². The first-order valence-corrected chi connectivity index (χ1v) is 7.81. The third kappa shape index (κ3) is 3.20. The Balaban J connectivity index is 1.98. The van der Waals surface area contributed by atoms with Crippen molar-refractivity contribution < 1.29 is 8.42 Å². The number of hydrogen-bond donors (Lipinski definition) is 2. The van der Waals surface area contributed by atoms with Crippen LogP contribution in [-0.4, -0.2) is 27.0 Å². The number of nitrogens with one attached hydrogen (secondary N) is 1. The number of aryl methyl sites for hydroxylation is 1. The van der Waals surface area contributed by atoms with Gasteiger partial charge >= 0.3 is 0 Å². The Morgan fingerprint density at radius 1 is 1.47 bits per heavy atom. The van der Waals surface area contributed by atoms with Gasteiger partial charge in [0, 0.05) is 24.5 Å². The van der Waals surface area contributed by atoms with Crippen molar-refractivity contribution in [3.8, 4) is 0 Å². The van der Waals surface area contributed by atoms with Crippen molar-refractivity contribution >= 4 is 15.5 Å². The van der Waals surface area contributed by atoms with Gasteiger partial charge in [0.1, 0.15) is 9.84 Å². The molecule has 17 heavy (non-hydrogen) atoms. The summed E-state index contributed by atoms with van der Waals surface area (Å²) in [6.45, 7) is 0.507. The minimum absolute atomic E-state index is 0.188. The largest absolute Gasteiger partial charge is 0.399 e. The van der Waals surface area contributed by atoms with Crippen LogP contribution in [0.25, 0.3) is 0 Å². The van der Waals surface area contributed by atoms with E-state index in [0.29, 0.717) is 6.54 Å². The molecule has 94 valence electrons. The molecule has 0 spiro atoms. The zero-order valence-corrected chi connectivity index (χ0v) is 10.8. The third-order valence-corrected chi connectivity index (χ3v) is 4.05. The number of rotatable bonds is 4. The lowest BCUT2D eigenvalue weighted by Gasteiger charge is -2.13. The molecule has 0 bridgehead atoms. The first kappa shape index (κ1) is 12.4. The lowest BCUT2D eigenvalue weighted by Crippen LogP contribution is -2.25. The number of hydrogen-bond acceptors (Lipinski definition) is 4. The first-order valence-electron chi connectivity index (χ1n) is 5.75. The van der Waals surface area contributed by atoms with Gasteiger partial charge in [-0.15, -0.1) is 0 Å². The highest BCUT2D eigenvalue weighted by Crippen LogP contribution is 2.32. The summed E-state index contributed by atoms with van der Waals surface area (Å²) in [5, 5.41) is 3.29. The van der Waals surface area contributed by atoms with Gasteiger partial charge < -0.3 is 11.1 Å². The summed E-state index contributed by atoms with van der Waals surface area (Å²) in [6.07, 6.45) is 3.29. The maximum absolute atomic E-state index is 11.0. The van der Waals surface area contributed by atoms with Crippen molar-refractivity contribution in [2.45, 2.75) is 18.9 Å². The maximum atomic E-state index is 11.0. The molecule has 0 aliphatic heterocycles. The van der Waals surface area contributed by atoms with Gasteiger partial charge in [0.05, 0.1) is 5.75 Å². The van der Waals surface area contributed by atoms with Crippen LogP contribution in [0.5, 0.6) is 0 Å². The van der Waals surface area contributed by atoms with Crippen LogP contribution in [0, 0.1) is 0 Å². The molecule has 1 aliphatic carbocycles. The van der Waals surface area contributed by atoms with Gasteiger partial charge in [0.2, 0.25) is 0 Å². The molecule has 0 aromatic heterocycles. The molecule has 5 heteroatoms. The van der Waals surface area contributed by atoms with E-state index in [-0.39, 0.29) is 11.8 Å². The predicted molar refractivity (Wildman–Crippen MR) is 69.6 cm³/mol. The fourth-order valence-corrected chi connectivity index (χ4v) is 2.76. The molecular weight excluding hydrogens is 236 g/mol. The zero-order chi connectivity index (χ0) is 12.5. The maximum Gasteiger partial charge on any atom is 0.148 e. The Morgan fingerprint density at radius 2 is 2.24 bits per heavy atom. The third-order valence-electron chi connectivity index (χ3n) is 3.11. The molecule has 2 rings (SSSR count). The van der Waals surface area contributed by atoms with Crippen LogP contribution in [0.1, 0.15) is 23.6 Å². The van der Waals surface area contributed by atoms with E-state index in [9.17, 15) is 8.42 Å². The first-order chi connectivity index (χ1) is 7.96. The molecule has 0 saturated heterocycles. The van der Waals surface area contributed by atoms with Gasteiger partial charge in [0.25, 0.3) is 0 Å². The minimum Gasteiger partial charge on any atom is -0.399 e. The molecule has 1 aromatic carbocycles. The Kier molecular flexibility index (Phi) is 3.40. The molecule has 0 saturated carbocycles. The monoisotopic (exact) mass is 254 g/mol. The summed E-state index contributed by atoms with van der Waals surface area (Å²) >= 11 is 0. The van der Waals surface area contributed by atoms with Gasteiger partial charge in [-0.05, 0) is 36.1 Å². The van der Waals surface area contributed by atoms with Gasteiger partial charge in [-0.2, -0.15) is 0 Å². The SMILES string of the molecule is CS(=O)(=O)CCNC1CCc2cc(N)ccc21. The molecule has 0 fully saturated rings. The lowest BCUT2D eigenvalue weighted by molar-refractivity contribution is 0.543. The highest BCUT2D eigenvalue weighted by Gasteiger charge is 2.21. The van der Waals surface area contributed by atoms with Crippen molar-refractivity contribution in [3.05, 3.63) is 29.3 Å². The summed E-state index contributed by atoms with van der Waals surface area (Å²) in [4.78, 5) is 0. The number of anilines is 1. The number of fused-ring (bicyclic) bond motifs is 1. The molecule has 0 heterocycles. The normalized spacial score (nSPS) is 19.2. The molecule has 1 unspecified atom stereocenters. The quantitative estimate of drug-likeness (QED) is 0.783. The van der Waals surface area contributed by atoms with Crippen LogP contribution >= 0.6 is 0 Å². The second kappa shape index (κ2) is 4.66. The fraction of sp³-hybridized carbons (Fsp3) is 0.500. The fourth-order valence-electron chi connectivity index (χ4n) is 2.27. The van der Waals surface area contributed by atoms with E-state index < -0.39 is 9.84 Å². The average Bonchev–Trinajstić information content (AvgIpc) is 2.59. The van der Waals surface area contributed by atoms with Crippen molar-refractivity contribution in [2.24, 2.45) is 0 Å². The number of sulfone groups is 1. The Bertz CT molecular complexity index is 511. The number of benzene rings is 1. The van der Waals surface area contributed by atoms with Crippen molar-refractivity contribution in [1.29, 1.82) is 0 Å². The van der Waals surface area contributed by atoms with E-state index in [1.165, 1.54) is 17.4 Å². The molecule has 0 radical (unpaired) electrons. The molecule has 4 nitrogen and oxygen atoms in total. The minimum atomic E-state index is -2.88. The van der Waals surface area contributed by atoms with E-state index in [0.717, 1.165) is 18.5 Å². The van der Waals surface area contributed by atoms with Gasteiger partial charge in [-0.25, -0.2) is 8.42 Å². The van der Waals surface area contributed by atoms with Crippen molar-refractivity contribution in [3.63, 3.8) is 0 Å². The molecule has 1 atom stereocenters. The lowest BCUT2D eigenvalue weighted by atomic mass is 10.1. The summed E-state index contributed by atoms with van der Waals surface area (Å²) < 4.78 is 22.1. The summed E-state index contributed by atoms with van der Waals surface area (Å²) in [5.74, 6) is 0.188. The van der Waals surface area contributed by atoms with E-state index in [4.69, 9.17) is 5.73 Å². The van der Waals surface area contributed by atoms with Crippen LogP contribution < -0.4 is 11.1 Å². The highest BCUT2D eigenvalue weighted by molar-refractivity contribution is 7.90. The smallest absolute Gasteiger partial charge is 0.148 e. The summed E-state index contributed by atoms with van der Waals surface area (Å²) in [7, 11) is -2.88. The van der Waals surface area contributed by atoms with Crippen LogP contribution in [0.4, 0.5) is 5.69 Å². The second-order valence-electron chi connectivity index (χ2n) is 4.63. The molecule has 1 aromatic rings. The van der Waals surface area contributed by atoms with E-state index >= 15 is 0 Å². The van der Waals surface area contributed by atoms with Crippen molar-refractivity contribution in [1.82, 2.24) is 5.32 Å². The molecule has 0 amide bonds. The van der Waals surface area contributed by atoms with Crippen LogP contribution in [-0.2, 0) is 16.3 Å². The van der Waals surface area contributed by atoms with Crippen LogP contribution in [0.3, 0.4) is 0 Å². The average molecular weight is 254 g/mol. The number of nitrogens with two attached hydrogens (primary N) is 1. The number of nitrogen functional groups attached to an aromatic ring is 1. The zero-order valence-electron chi connectivity index (χ0n) is 9.94. The van der Waals surface area contributed by atoms with Gasteiger partial charge in [0.15, 0.2) is 0 Å². The Hall–Kier alpha value is -1.07. The topological polar surface area (TPSA) is 72.2 Å². The van der Waals surface area contributed by atoms with Crippen LogP contribution in [0.2, 0.25) is 0 Å². The Morgan fingerprint density at radius 3 is 2.94 bits per heavy atom. The molecule has 3 N–H and O–H groups in total. The summed E-state index contributed by atoms with van der Waals surface area (Å²) in [5.41, 5.74) is 9.06. The van der Waals surface area contributed by atoms with E-state index in [1.807, 2.05) is 18.2 Å². The van der Waals surface area contributed by atoms with E-state index in [2.05, 4.69) is 5.32 Å². The predicted octanol–water partition coefficient (Wildman–Crippen LogP) is 0.890. The standard InChI is InChI=1S/C12H18N2O2S/c1-17(15,16)7-6-14-12-5-2-9-8-10(13)3-4-11(9)12/h3-4,8,12,14H,2,5-7,13H2,1H3. The highest BCUT2D eigenvalue weighted by atomic mass is 32.2. The Labute approximate surface area is 102 Å². The molecule has 1 aliphatic rings. The van der Waals surface area contributed by atoms with Gasteiger partial charge in [-0.1, -0.05) is 6.07 Å². The van der Waals surface area contributed by atoms with Crippen LogP contribution in [0.15, 0.2) is 18.2 Å². The summed E-state index contributed by atoms with van der Waals surface area (Å²) in [6, 6.07) is 6.21. The van der Waals surface area contributed by atoms with Crippen molar-refractivity contribution in [2.75, 3.05) is 24.3 Å². The molecular formula is C12H18N2O2S.